The molecule has 2 heterocycles. The number of piperazine rings is 1. The van der Waals surface area contributed by atoms with Crippen LogP contribution in [-0.2, 0) is 0 Å². The molecule has 2 N–H and O–H groups in total. The fourth-order valence-electron chi connectivity index (χ4n) is 2.23. The molecule has 2 aliphatic heterocycles. The monoisotopic (exact) mass is 198 g/mol. The minimum atomic E-state index is 0.276. The SMILES string of the molecule is O=C(N1CCCCC1)N1CC[NH2+]CC1. The van der Waals surface area contributed by atoms with Crippen LogP contribution in [0.5, 0.6) is 0 Å². The van der Waals surface area contributed by atoms with E-state index in [-0.39, 0.29) is 6.03 Å². The first kappa shape index (κ1) is 9.77. The summed E-state index contributed by atoms with van der Waals surface area (Å²) in [6, 6.07) is 0.276. The van der Waals surface area contributed by atoms with Crippen molar-refractivity contribution in [3.05, 3.63) is 0 Å². The lowest BCUT2D eigenvalue weighted by atomic mass is 10.1. The van der Waals surface area contributed by atoms with Crippen molar-refractivity contribution in [2.45, 2.75) is 19.3 Å². The zero-order chi connectivity index (χ0) is 9.80. The summed E-state index contributed by atoms with van der Waals surface area (Å²) in [5, 5.41) is 2.28. The third-order valence-corrected chi connectivity index (χ3v) is 3.10. The topological polar surface area (TPSA) is 40.2 Å². The third-order valence-electron chi connectivity index (χ3n) is 3.10. The van der Waals surface area contributed by atoms with Gasteiger partial charge in [0, 0.05) is 13.1 Å². The van der Waals surface area contributed by atoms with Crippen LogP contribution < -0.4 is 5.32 Å². The number of rotatable bonds is 0. The second-order valence-electron chi connectivity index (χ2n) is 4.18. The molecule has 0 aromatic rings. The first-order valence-electron chi connectivity index (χ1n) is 5.73. The summed E-state index contributed by atoms with van der Waals surface area (Å²) in [6.45, 7) is 5.93. The van der Waals surface area contributed by atoms with Gasteiger partial charge in [-0.25, -0.2) is 4.79 Å². The van der Waals surface area contributed by atoms with E-state index >= 15 is 0 Å². The Labute approximate surface area is 85.2 Å². The van der Waals surface area contributed by atoms with Gasteiger partial charge in [0.25, 0.3) is 0 Å². The zero-order valence-electron chi connectivity index (χ0n) is 8.74. The lowest BCUT2D eigenvalue weighted by Gasteiger charge is -2.34. The van der Waals surface area contributed by atoms with Gasteiger partial charge in [-0.15, -0.1) is 0 Å². The number of urea groups is 1. The number of amides is 2. The molecule has 0 unspecified atom stereocenters. The van der Waals surface area contributed by atoms with Crippen LogP contribution in [0.3, 0.4) is 0 Å². The minimum absolute atomic E-state index is 0.276. The lowest BCUT2D eigenvalue weighted by molar-refractivity contribution is -0.662. The fraction of sp³-hybridized carbons (Fsp3) is 0.900. The van der Waals surface area contributed by atoms with Gasteiger partial charge in [0.05, 0.1) is 26.2 Å². The Morgan fingerprint density at radius 3 is 2.07 bits per heavy atom. The van der Waals surface area contributed by atoms with Crippen LogP contribution in [-0.4, -0.2) is 55.1 Å². The standard InChI is InChI=1S/C10H19N3O/c14-10(12-6-2-1-3-7-12)13-8-4-11-5-9-13/h11H,1-9H2/p+1. The average molecular weight is 198 g/mol. The molecule has 0 aliphatic carbocycles. The maximum atomic E-state index is 12.0. The molecule has 2 amide bonds. The summed E-state index contributed by atoms with van der Waals surface area (Å²) >= 11 is 0. The van der Waals surface area contributed by atoms with Crippen molar-refractivity contribution in [3.63, 3.8) is 0 Å². The van der Waals surface area contributed by atoms with E-state index in [1.54, 1.807) is 0 Å². The van der Waals surface area contributed by atoms with E-state index in [4.69, 9.17) is 0 Å². The van der Waals surface area contributed by atoms with Gasteiger partial charge < -0.3 is 15.1 Å². The normalized spacial score (nSPS) is 23.7. The molecule has 4 nitrogen and oxygen atoms in total. The lowest BCUT2D eigenvalue weighted by Crippen LogP contribution is -2.90. The van der Waals surface area contributed by atoms with Gasteiger partial charge in [-0.05, 0) is 19.3 Å². The maximum absolute atomic E-state index is 12.0. The van der Waals surface area contributed by atoms with Crippen molar-refractivity contribution in [2.24, 2.45) is 0 Å². The molecule has 4 heteroatoms. The fourth-order valence-corrected chi connectivity index (χ4v) is 2.23. The number of piperidine rings is 1. The quantitative estimate of drug-likeness (QED) is 0.558. The van der Waals surface area contributed by atoms with Gasteiger partial charge in [-0.1, -0.05) is 0 Å². The van der Waals surface area contributed by atoms with Crippen LogP contribution in [0.15, 0.2) is 0 Å². The average Bonchev–Trinajstić information content (AvgIpc) is 2.30. The second kappa shape index (κ2) is 4.64. The Kier molecular flexibility index (Phi) is 3.24. The third kappa shape index (κ3) is 2.18. The molecule has 0 radical (unpaired) electrons. The molecule has 80 valence electrons. The van der Waals surface area contributed by atoms with Gasteiger partial charge in [-0.3, -0.25) is 0 Å². The van der Waals surface area contributed by atoms with E-state index in [9.17, 15) is 4.79 Å². The van der Waals surface area contributed by atoms with Crippen LogP contribution in [0, 0.1) is 0 Å². The van der Waals surface area contributed by atoms with Crippen molar-refractivity contribution in [1.29, 1.82) is 0 Å². The number of quaternary nitrogens is 1. The number of hydrogen-bond donors (Lipinski definition) is 1. The van der Waals surface area contributed by atoms with Crippen LogP contribution in [0.2, 0.25) is 0 Å². The summed E-state index contributed by atoms with van der Waals surface area (Å²) in [4.78, 5) is 16.0. The molecule has 2 aliphatic rings. The number of hydrogen-bond acceptors (Lipinski definition) is 1. The largest absolute Gasteiger partial charge is 0.343 e. The molecule has 0 aromatic carbocycles. The Balaban J connectivity index is 1.85. The molecule has 2 rings (SSSR count). The molecule has 0 bridgehead atoms. The highest BCUT2D eigenvalue weighted by Crippen LogP contribution is 2.10. The van der Waals surface area contributed by atoms with Gasteiger partial charge in [-0.2, -0.15) is 0 Å². The molecule has 0 atom stereocenters. The molecule has 2 saturated heterocycles. The van der Waals surface area contributed by atoms with E-state index in [0.717, 1.165) is 39.3 Å². The van der Waals surface area contributed by atoms with Crippen molar-refractivity contribution in [3.8, 4) is 0 Å². The Bertz CT molecular complexity index is 176. The van der Waals surface area contributed by atoms with Gasteiger partial charge in [0.1, 0.15) is 0 Å². The van der Waals surface area contributed by atoms with Crippen LogP contribution >= 0.6 is 0 Å². The summed E-state index contributed by atoms with van der Waals surface area (Å²) in [5.41, 5.74) is 0. The van der Waals surface area contributed by atoms with E-state index in [1.807, 2.05) is 9.80 Å². The number of carbonyl (C=O) groups excluding carboxylic acids is 1. The van der Waals surface area contributed by atoms with Gasteiger partial charge >= 0.3 is 6.03 Å². The molecule has 0 spiro atoms. The molecule has 0 saturated carbocycles. The van der Waals surface area contributed by atoms with Crippen LogP contribution in [0.1, 0.15) is 19.3 Å². The highest BCUT2D eigenvalue weighted by Gasteiger charge is 2.24. The van der Waals surface area contributed by atoms with Crippen molar-refractivity contribution >= 4 is 6.03 Å². The highest BCUT2D eigenvalue weighted by molar-refractivity contribution is 5.74. The molecular formula is C10H20N3O+. The minimum Gasteiger partial charge on any atom is -0.343 e. The molecule has 14 heavy (non-hydrogen) atoms. The summed E-state index contributed by atoms with van der Waals surface area (Å²) in [7, 11) is 0. The van der Waals surface area contributed by atoms with E-state index in [2.05, 4.69) is 5.32 Å². The maximum Gasteiger partial charge on any atom is 0.320 e. The zero-order valence-corrected chi connectivity index (χ0v) is 8.74. The smallest absolute Gasteiger partial charge is 0.320 e. The van der Waals surface area contributed by atoms with Crippen LogP contribution in [0.25, 0.3) is 0 Å². The first-order chi connectivity index (χ1) is 6.88. The number of carbonyl (C=O) groups is 1. The molecule has 2 fully saturated rings. The van der Waals surface area contributed by atoms with E-state index in [0.29, 0.717) is 0 Å². The summed E-state index contributed by atoms with van der Waals surface area (Å²) in [5.74, 6) is 0. The molecule has 0 aromatic heterocycles. The van der Waals surface area contributed by atoms with E-state index < -0.39 is 0 Å². The second-order valence-corrected chi connectivity index (χ2v) is 4.18. The Morgan fingerprint density at radius 1 is 0.857 bits per heavy atom. The predicted molar refractivity (Wildman–Crippen MR) is 54.1 cm³/mol. The summed E-state index contributed by atoms with van der Waals surface area (Å²) < 4.78 is 0. The number of nitrogens with zero attached hydrogens (tertiary/aromatic N) is 2. The van der Waals surface area contributed by atoms with Gasteiger partial charge in [0.2, 0.25) is 0 Å². The molecular weight excluding hydrogens is 178 g/mol. The predicted octanol–water partition coefficient (Wildman–Crippen LogP) is -0.529. The Hall–Kier alpha value is -0.770. The number of nitrogens with two attached hydrogens (primary N) is 1. The van der Waals surface area contributed by atoms with Crippen LogP contribution in [0.4, 0.5) is 4.79 Å². The highest BCUT2D eigenvalue weighted by atomic mass is 16.2. The van der Waals surface area contributed by atoms with Crippen molar-refractivity contribution in [1.82, 2.24) is 9.80 Å². The van der Waals surface area contributed by atoms with Gasteiger partial charge in [0.15, 0.2) is 0 Å². The van der Waals surface area contributed by atoms with E-state index in [1.165, 1.54) is 19.3 Å². The number of likely N-dealkylation sites (tertiary alicyclic amines) is 1. The summed E-state index contributed by atoms with van der Waals surface area (Å²) in [6.07, 6.45) is 3.66. The Morgan fingerprint density at radius 2 is 1.43 bits per heavy atom. The van der Waals surface area contributed by atoms with Crippen molar-refractivity contribution in [2.75, 3.05) is 39.3 Å². The first-order valence-corrected chi connectivity index (χ1v) is 5.73. The van der Waals surface area contributed by atoms with Crippen molar-refractivity contribution < 1.29 is 10.1 Å².